The van der Waals surface area contributed by atoms with Gasteiger partial charge in [-0.25, -0.2) is 0 Å². The van der Waals surface area contributed by atoms with E-state index in [0.717, 1.165) is 11.3 Å². The van der Waals surface area contributed by atoms with Gasteiger partial charge in [-0.2, -0.15) is 0 Å². The van der Waals surface area contributed by atoms with Crippen molar-refractivity contribution in [3.63, 3.8) is 0 Å². The third-order valence-electron chi connectivity index (χ3n) is 5.73. The van der Waals surface area contributed by atoms with Crippen LogP contribution in [0.1, 0.15) is 63.0 Å². The van der Waals surface area contributed by atoms with E-state index in [9.17, 15) is 9.59 Å². The second-order valence-electron chi connectivity index (χ2n) is 10.5. The highest BCUT2D eigenvalue weighted by molar-refractivity contribution is 5.96. The van der Waals surface area contributed by atoms with Crippen LogP contribution in [0.25, 0.3) is 0 Å². The zero-order valence-electron chi connectivity index (χ0n) is 20.7. The number of carbonyl (C=O) groups excluding carboxylic acids is 2. The van der Waals surface area contributed by atoms with Crippen molar-refractivity contribution in [2.45, 2.75) is 52.4 Å². The van der Waals surface area contributed by atoms with Crippen LogP contribution in [0.5, 0.6) is 5.75 Å². The maximum atomic E-state index is 12.6. The lowest BCUT2D eigenvalue weighted by molar-refractivity contribution is -0.118. The molecule has 2 aromatic carbocycles. The van der Waals surface area contributed by atoms with Crippen molar-refractivity contribution in [3.8, 4) is 5.75 Å². The molecule has 2 aromatic rings. The van der Waals surface area contributed by atoms with E-state index in [1.165, 1.54) is 5.56 Å². The first kappa shape index (κ1) is 24.8. The lowest BCUT2D eigenvalue weighted by Gasteiger charge is -2.27. The van der Waals surface area contributed by atoms with Crippen LogP contribution in [0, 0.1) is 0 Å². The van der Waals surface area contributed by atoms with E-state index in [-0.39, 0.29) is 29.3 Å². The summed E-state index contributed by atoms with van der Waals surface area (Å²) in [5.41, 5.74) is 3.45. The van der Waals surface area contributed by atoms with E-state index < -0.39 is 0 Å². The van der Waals surface area contributed by atoms with E-state index in [4.69, 9.17) is 9.47 Å². The Morgan fingerprint density at radius 1 is 0.939 bits per heavy atom. The molecule has 0 unspecified atom stereocenters. The fourth-order valence-corrected chi connectivity index (χ4v) is 3.69. The summed E-state index contributed by atoms with van der Waals surface area (Å²) >= 11 is 0. The molecule has 1 heterocycles. The van der Waals surface area contributed by atoms with Gasteiger partial charge in [-0.3, -0.25) is 9.59 Å². The quantitative estimate of drug-likeness (QED) is 0.710. The molecule has 1 fully saturated rings. The second-order valence-corrected chi connectivity index (χ2v) is 10.5. The van der Waals surface area contributed by atoms with E-state index in [1.807, 2.05) is 6.07 Å². The number of morpholine rings is 1. The molecule has 6 nitrogen and oxygen atoms in total. The van der Waals surface area contributed by atoms with Crippen molar-refractivity contribution in [2.24, 2.45) is 0 Å². The van der Waals surface area contributed by atoms with Crippen molar-refractivity contribution in [1.29, 1.82) is 0 Å². The maximum Gasteiger partial charge on any atom is 0.262 e. The topological polar surface area (TPSA) is 67.9 Å². The number of benzene rings is 2. The van der Waals surface area contributed by atoms with Gasteiger partial charge in [0.15, 0.2) is 6.61 Å². The molecule has 0 spiro atoms. The Bertz CT molecular complexity index is 979. The SMILES string of the molecule is CC(C)(C)c1ccc(OCC(=O)Nc2ccc(C(=O)N3CCOCC3)cc2)c(C(C)(C)C)c1. The molecule has 0 saturated carbocycles. The predicted molar refractivity (Wildman–Crippen MR) is 131 cm³/mol. The molecule has 0 aromatic heterocycles. The minimum Gasteiger partial charge on any atom is -0.483 e. The summed E-state index contributed by atoms with van der Waals surface area (Å²) in [5, 5.41) is 2.84. The van der Waals surface area contributed by atoms with Crippen LogP contribution in [0.2, 0.25) is 0 Å². The summed E-state index contributed by atoms with van der Waals surface area (Å²) in [5.74, 6) is 0.451. The van der Waals surface area contributed by atoms with Crippen molar-refractivity contribution in [1.82, 2.24) is 4.90 Å². The molecule has 3 rings (SSSR count). The molecule has 1 N–H and O–H groups in total. The average Bonchev–Trinajstić information content (AvgIpc) is 2.77. The van der Waals surface area contributed by atoms with Gasteiger partial charge in [0.25, 0.3) is 11.8 Å². The maximum absolute atomic E-state index is 12.6. The number of nitrogens with zero attached hydrogens (tertiary/aromatic N) is 1. The molecule has 6 heteroatoms. The first-order valence-electron chi connectivity index (χ1n) is 11.5. The van der Waals surface area contributed by atoms with Crippen LogP contribution >= 0.6 is 0 Å². The number of carbonyl (C=O) groups is 2. The van der Waals surface area contributed by atoms with Gasteiger partial charge >= 0.3 is 0 Å². The Hall–Kier alpha value is -2.86. The Labute approximate surface area is 197 Å². The van der Waals surface area contributed by atoms with Gasteiger partial charge in [-0.15, -0.1) is 0 Å². The lowest BCUT2D eigenvalue weighted by atomic mass is 9.80. The Morgan fingerprint density at radius 2 is 1.58 bits per heavy atom. The highest BCUT2D eigenvalue weighted by atomic mass is 16.5. The van der Waals surface area contributed by atoms with E-state index in [2.05, 4.69) is 59.0 Å². The molecule has 1 aliphatic heterocycles. The Balaban J connectivity index is 1.62. The van der Waals surface area contributed by atoms with Crippen LogP contribution in [-0.2, 0) is 20.4 Å². The molecule has 2 amide bonds. The number of anilines is 1. The first-order valence-corrected chi connectivity index (χ1v) is 11.5. The molecular weight excluding hydrogens is 416 g/mol. The van der Waals surface area contributed by atoms with Crippen molar-refractivity contribution < 1.29 is 19.1 Å². The van der Waals surface area contributed by atoms with Crippen molar-refractivity contribution in [2.75, 3.05) is 38.2 Å². The normalized spacial score (nSPS) is 14.7. The van der Waals surface area contributed by atoms with Gasteiger partial charge in [0.1, 0.15) is 5.75 Å². The fraction of sp³-hybridized carbons (Fsp3) is 0.481. The molecule has 178 valence electrons. The summed E-state index contributed by atoms with van der Waals surface area (Å²) < 4.78 is 11.2. The molecule has 33 heavy (non-hydrogen) atoms. The summed E-state index contributed by atoms with van der Waals surface area (Å²) in [4.78, 5) is 26.8. The van der Waals surface area contributed by atoms with Crippen LogP contribution < -0.4 is 10.1 Å². The molecule has 0 radical (unpaired) electrons. The predicted octanol–water partition coefficient (Wildman–Crippen LogP) is 4.77. The smallest absolute Gasteiger partial charge is 0.262 e. The highest BCUT2D eigenvalue weighted by Gasteiger charge is 2.23. The van der Waals surface area contributed by atoms with Crippen LogP contribution in [0.15, 0.2) is 42.5 Å². The number of nitrogens with one attached hydrogen (secondary N) is 1. The van der Waals surface area contributed by atoms with Gasteiger partial charge in [0, 0.05) is 24.3 Å². The lowest BCUT2D eigenvalue weighted by Crippen LogP contribution is -2.40. The number of rotatable bonds is 5. The third-order valence-corrected chi connectivity index (χ3v) is 5.73. The number of hydrogen-bond donors (Lipinski definition) is 1. The molecular formula is C27H36N2O4. The van der Waals surface area contributed by atoms with Gasteiger partial charge in [-0.1, -0.05) is 53.7 Å². The summed E-state index contributed by atoms with van der Waals surface area (Å²) in [6, 6.07) is 13.1. The molecule has 0 atom stereocenters. The zero-order chi connectivity index (χ0) is 24.2. The van der Waals surface area contributed by atoms with Crippen molar-refractivity contribution >= 4 is 17.5 Å². The van der Waals surface area contributed by atoms with E-state index in [1.54, 1.807) is 29.2 Å². The number of ether oxygens (including phenoxy) is 2. The Morgan fingerprint density at radius 3 is 2.15 bits per heavy atom. The van der Waals surface area contributed by atoms with E-state index in [0.29, 0.717) is 37.6 Å². The van der Waals surface area contributed by atoms with Crippen molar-refractivity contribution in [3.05, 3.63) is 59.2 Å². The Kier molecular flexibility index (Phi) is 7.48. The number of hydrogen-bond acceptors (Lipinski definition) is 4. The van der Waals surface area contributed by atoms with E-state index >= 15 is 0 Å². The average molecular weight is 453 g/mol. The summed E-state index contributed by atoms with van der Waals surface area (Å²) in [6.07, 6.45) is 0. The summed E-state index contributed by atoms with van der Waals surface area (Å²) in [6.45, 7) is 15.2. The fourth-order valence-electron chi connectivity index (χ4n) is 3.69. The minimum atomic E-state index is -0.248. The standard InChI is InChI=1S/C27H36N2O4/c1-26(2,3)20-9-12-23(22(17-20)27(4,5)6)33-18-24(30)28-21-10-7-19(8-11-21)25(31)29-13-15-32-16-14-29/h7-12,17H,13-16,18H2,1-6H3,(H,28,30). The first-order chi connectivity index (χ1) is 15.4. The second kappa shape index (κ2) is 9.96. The van der Waals surface area contributed by atoms with Gasteiger partial charge in [0.2, 0.25) is 0 Å². The van der Waals surface area contributed by atoms with Gasteiger partial charge < -0.3 is 19.7 Å². The monoisotopic (exact) mass is 452 g/mol. The number of amides is 2. The largest absolute Gasteiger partial charge is 0.483 e. The van der Waals surface area contributed by atoms with Crippen LogP contribution in [0.4, 0.5) is 5.69 Å². The molecule has 1 saturated heterocycles. The van der Waals surface area contributed by atoms with Gasteiger partial charge in [-0.05, 0) is 52.3 Å². The minimum absolute atomic E-state index is 0.0204. The zero-order valence-corrected chi connectivity index (χ0v) is 20.7. The van der Waals surface area contributed by atoms with Gasteiger partial charge in [0.05, 0.1) is 13.2 Å². The van der Waals surface area contributed by atoms with Crippen LogP contribution in [-0.4, -0.2) is 49.6 Å². The summed E-state index contributed by atoms with van der Waals surface area (Å²) in [7, 11) is 0. The third kappa shape index (κ3) is 6.57. The highest BCUT2D eigenvalue weighted by Crippen LogP contribution is 2.35. The van der Waals surface area contributed by atoms with Crippen LogP contribution in [0.3, 0.4) is 0 Å². The molecule has 0 bridgehead atoms. The molecule has 0 aliphatic carbocycles. The molecule has 1 aliphatic rings.